The molecule has 0 saturated heterocycles. The molecular formula is C12H8FNO3. The van der Waals surface area contributed by atoms with Gasteiger partial charge in [0.2, 0.25) is 5.88 Å². The fourth-order valence-electron chi connectivity index (χ4n) is 1.26. The molecule has 0 atom stereocenters. The minimum atomic E-state index is -1.34. The maximum absolute atomic E-state index is 13.1. The number of carboxylic acid groups (broad SMARTS) is 1. The highest BCUT2D eigenvalue weighted by Gasteiger charge is 2.11. The third kappa shape index (κ3) is 2.57. The van der Waals surface area contributed by atoms with Gasteiger partial charge in [-0.2, -0.15) is 0 Å². The van der Waals surface area contributed by atoms with Crippen molar-refractivity contribution in [2.75, 3.05) is 0 Å². The molecule has 0 aliphatic heterocycles. The first-order chi connectivity index (χ1) is 8.16. The van der Waals surface area contributed by atoms with E-state index in [1.807, 2.05) is 0 Å². The van der Waals surface area contributed by atoms with Gasteiger partial charge in [0.1, 0.15) is 11.6 Å². The van der Waals surface area contributed by atoms with Crippen LogP contribution in [0, 0.1) is 5.82 Å². The number of nitrogens with zero attached hydrogens (tertiary/aromatic N) is 1. The number of carbonyl (C=O) groups is 1. The molecule has 0 saturated carbocycles. The first-order valence-electron chi connectivity index (χ1n) is 4.78. The van der Waals surface area contributed by atoms with Gasteiger partial charge in [0.25, 0.3) is 0 Å². The Bertz CT molecular complexity index is 543. The van der Waals surface area contributed by atoms with Gasteiger partial charge in [-0.25, -0.2) is 14.2 Å². The lowest BCUT2D eigenvalue weighted by atomic mass is 10.2. The summed E-state index contributed by atoms with van der Waals surface area (Å²) in [6.07, 6.45) is 1.54. The normalized spacial score (nSPS) is 9.94. The summed E-state index contributed by atoms with van der Waals surface area (Å²) in [5.41, 5.74) is -0.432. The van der Waals surface area contributed by atoms with Gasteiger partial charge < -0.3 is 9.84 Å². The number of hydrogen-bond donors (Lipinski definition) is 1. The van der Waals surface area contributed by atoms with Crippen LogP contribution in [0.5, 0.6) is 11.6 Å². The summed E-state index contributed by atoms with van der Waals surface area (Å²) in [6.45, 7) is 0. The Morgan fingerprint density at radius 2 is 2.12 bits per heavy atom. The number of carboxylic acids is 1. The second-order valence-corrected chi connectivity index (χ2v) is 3.22. The molecular weight excluding hydrogens is 225 g/mol. The van der Waals surface area contributed by atoms with Crippen LogP contribution in [0.3, 0.4) is 0 Å². The van der Waals surface area contributed by atoms with E-state index in [0.717, 1.165) is 12.1 Å². The summed E-state index contributed by atoms with van der Waals surface area (Å²) in [7, 11) is 0. The molecule has 0 amide bonds. The number of halogens is 1. The summed E-state index contributed by atoms with van der Waals surface area (Å²) in [4.78, 5) is 14.6. The third-order valence-corrected chi connectivity index (χ3v) is 2.03. The Morgan fingerprint density at radius 3 is 2.76 bits per heavy atom. The van der Waals surface area contributed by atoms with Crippen molar-refractivity contribution in [1.29, 1.82) is 0 Å². The van der Waals surface area contributed by atoms with Gasteiger partial charge in [-0.3, -0.25) is 0 Å². The summed E-state index contributed by atoms with van der Waals surface area (Å²) < 4.78 is 18.4. The molecule has 0 aliphatic carbocycles. The molecule has 1 aromatic heterocycles. The summed E-state index contributed by atoms with van der Waals surface area (Å²) in [6, 6.07) is 8.57. The highest BCUT2D eigenvalue weighted by molar-refractivity contribution is 5.88. The maximum atomic E-state index is 13.1. The molecule has 0 fully saturated rings. The summed E-state index contributed by atoms with van der Waals surface area (Å²) >= 11 is 0. The van der Waals surface area contributed by atoms with Crippen LogP contribution in [0.15, 0.2) is 42.6 Å². The number of benzene rings is 1. The van der Waals surface area contributed by atoms with Crippen LogP contribution < -0.4 is 4.74 Å². The van der Waals surface area contributed by atoms with E-state index in [2.05, 4.69) is 4.98 Å². The van der Waals surface area contributed by atoms with Gasteiger partial charge in [-0.15, -0.1) is 0 Å². The monoisotopic (exact) mass is 233 g/mol. The number of aromatic carboxylic acids is 1. The molecule has 4 nitrogen and oxygen atoms in total. The molecule has 17 heavy (non-hydrogen) atoms. The Kier molecular flexibility index (Phi) is 3.00. The van der Waals surface area contributed by atoms with Crippen molar-refractivity contribution in [2.45, 2.75) is 0 Å². The van der Waals surface area contributed by atoms with E-state index in [1.54, 1.807) is 18.2 Å². The number of aromatic nitrogens is 1. The molecule has 0 spiro atoms. The van der Waals surface area contributed by atoms with Crippen LogP contribution in [0.4, 0.5) is 4.39 Å². The van der Waals surface area contributed by atoms with Gasteiger partial charge in [-0.05, 0) is 24.3 Å². The van der Waals surface area contributed by atoms with Gasteiger partial charge in [-0.1, -0.05) is 6.07 Å². The summed E-state index contributed by atoms with van der Waals surface area (Å²) in [5, 5.41) is 8.75. The van der Waals surface area contributed by atoms with Crippen molar-refractivity contribution in [3.8, 4) is 11.6 Å². The van der Waals surface area contributed by atoms with Gasteiger partial charge in [0, 0.05) is 12.3 Å². The average molecular weight is 233 g/mol. The van der Waals surface area contributed by atoms with Crippen molar-refractivity contribution in [3.05, 3.63) is 54.0 Å². The molecule has 1 N–H and O–H groups in total. The first kappa shape index (κ1) is 11.1. The first-order valence-corrected chi connectivity index (χ1v) is 4.78. The van der Waals surface area contributed by atoms with E-state index in [9.17, 15) is 9.18 Å². The van der Waals surface area contributed by atoms with Crippen LogP contribution in [0.2, 0.25) is 0 Å². The Labute approximate surface area is 96.3 Å². The van der Waals surface area contributed by atoms with Gasteiger partial charge >= 0.3 is 5.97 Å². The Hall–Kier alpha value is -2.43. The molecule has 0 unspecified atom stereocenters. The third-order valence-electron chi connectivity index (χ3n) is 2.03. The quantitative estimate of drug-likeness (QED) is 0.885. The zero-order chi connectivity index (χ0) is 12.3. The van der Waals surface area contributed by atoms with E-state index in [1.165, 1.54) is 12.3 Å². The standard InChI is InChI=1S/C12H8FNO3/c13-10-5-4-8(7-9(10)12(15)16)17-11-3-1-2-6-14-11/h1-7H,(H,15,16). The molecule has 2 rings (SSSR count). The molecule has 5 heteroatoms. The fourth-order valence-corrected chi connectivity index (χ4v) is 1.26. The van der Waals surface area contributed by atoms with Gasteiger partial charge in [0.15, 0.2) is 0 Å². The molecule has 0 aliphatic rings. The predicted octanol–water partition coefficient (Wildman–Crippen LogP) is 2.71. The number of ether oxygens (including phenoxy) is 1. The average Bonchev–Trinajstić information content (AvgIpc) is 2.32. The van der Waals surface area contributed by atoms with Crippen molar-refractivity contribution in [2.24, 2.45) is 0 Å². The predicted molar refractivity (Wildman–Crippen MR) is 57.7 cm³/mol. The minimum Gasteiger partial charge on any atom is -0.478 e. The Morgan fingerprint density at radius 1 is 1.29 bits per heavy atom. The minimum absolute atomic E-state index is 0.225. The van der Waals surface area contributed by atoms with Crippen molar-refractivity contribution in [1.82, 2.24) is 4.98 Å². The summed E-state index contributed by atoms with van der Waals surface area (Å²) in [5.74, 6) is -1.60. The fraction of sp³-hybridized carbons (Fsp3) is 0. The lowest BCUT2D eigenvalue weighted by molar-refractivity contribution is 0.0691. The lowest BCUT2D eigenvalue weighted by Gasteiger charge is -2.05. The van der Waals surface area contributed by atoms with Crippen LogP contribution in [-0.4, -0.2) is 16.1 Å². The van der Waals surface area contributed by atoms with E-state index < -0.39 is 17.3 Å². The van der Waals surface area contributed by atoms with Gasteiger partial charge in [0.05, 0.1) is 5.56 Å². The van der Waals surface area contributed by atoms with Crippen LogP contribution in [-0.2, 0) is 0 Å². The zero-order valence-corrected chi connectivity index (χ0v) is 8.63. The van der Waals surface area contributed by atoms with E-state index in [-0.39, 0.29) is 5.75 Å². The number of hydrogen-bond acceptors (Lipinski definition) is 3. The largest absolute Gasteiger partial charge is 0.478 e. The van der Waals surface area contributed by atoms with Crippen molar-refractivity contribution < 1.29 is 19.0 Å². The molecule has 0 bridgehead atoms. The molecule has 2 aromatic rings. The molecule has 86 valence electrons. The van der Waals surface area contributed by atoms with E-state index in [4.69, 9.17) is 9.84 Å². The highest BCUT2D eigenvalue weighted by atomic mass is 19.1. The Balaban J connectivity index is 2.29. The van der Waals surface area contributed by atoms with E-state index in [0.29, 0.717) is 5.88 Å². The zero-order valence-electron chi connectivity index (χ0n) is 8.63. The second-order valence-electron chi connectivity index (χ2n) is 3.22. The van der Waals surface area contributed by atoms with E-state index >= 15 is 0 Å². The molecule has 1 heterocycles. The topological polar surface area (TPSA) is 59.4 Å². The smallest absolute Gasteiger partial charge is 0.338 e. The molecule has 0 radical (unpaired) electrons. The highest BCUT2D eigenvalue weighted by Crippen LogP contribution is 2.21. The number of pyridine rings is 1. The van der Waals surface area contributed by atoms with Crippen LogP contribution in [0.25, 0.3) is 0 Å². The number of rotatable bonds is 3. The van der Waals surface area contributed by atoms with Crippen molar-refractivity contribution in [3.63, 3.8) is 0 Å². The second kappa shape index (κ2) is 4.61. The SMILES string of the molecule is O=C(O)c1cc(Oc2ccccn2)ccc1F. The van der Waals surface area contributed by atoms with Crippen LogP contribution >= 0.6 is 0 Å². The molecule has 1 aromatic carbocycles. The lowest BCUT2D eigenvalue weighted by Crippen LogP contribution is -2.00. The maximum Gasteiger partial charge on any atom is 0.338 e. The van der Waals surface area contributed by atoms with Crippen LogP contribution in [0.1, 0.15) is 10.4 Å². The van der Waals surface area contributed by atoms with Crippen molar-refractivity contribution >= 4 is 5.97 Å².